The number of rotatable bonds is 5. The van der Waals surface area contributed by atoms with Crippen molar-refractivity contribution >= 4 is 23.1 Å². The molecule has 1 aliphatic heterocycles. The predicted octanol–water partition coefficient (Wildman–Crippen LogP) is 3.41. The second kappa shape index (κ2) is 7.86. The van der Waals surface area contributed by atoms with Gasteiger partial charge in [-0.15, -0.1) is 0 Å². The molecule has 0 aliphatic carbocycles. The number of para-hydroxylation sites is 2. The quantitative estimate of drug-likeness (QED) is 0.880. The summed E-state index contributed by atoms with van der Waals surface area (Å²) in [6, 6.07) is 9.87. The standard InChI is InChI=1S/C18H24N4O2/c1-14-12-17(21-24-14)20-18(23)13-19-15-8-4-5-9-16(15)22-10-6-2-3-7-11-22/h4-5,8-9,12,19H,2-3,6-7,10-11,13H2,1H3,(H,20,21,23). The second-order valence-electron chi connectivity index (χ2n) is 6.14. The van der Waals surface area contributed by atoms with Crippen molar-refractivity contribution in [2.45, 2.75) is 32.6 Å². The number of hydrogen-bond acceptors (Lipinski definition) is 5. The number of carbonyl (C=O) groups excluding carboxylic acids is 1. The fourth-order valence-corrected chi connectivity index (χ4v) is 3.00. The number of nitrogens with one attached hydrogen (secondary N) is 2. The Morgan fingerprint density at radius 1 is 1.21 bits per heavy atom. The third kappa shape index (κ3) is 4.28. The highest BCUT2D eigenvalue weighted by Gasteiger charge is 2.14. The van der Waals surface area contributed by atoms with Crippen LogP contribution in [0.5, 0.6) is 0 Å². The Bertz CT molecular complexity index is 675. The van der Waals surface area contributed by atoms with E-state index in [0.29, 0.717) is 11.6 Å². The lowest BCUT2D eigenvalue weighted by Gasteiger charge is -2.25. The van der Waals surface area contributed by atoms with E-state index in [1.165, 1.54) is 31.4 Å². The predicted molar refractivity (Wildman–Crippen MR) is 95.5 cm³/mol. The minimum atomic E-state index is -0.144. The fourth-order valence-electron chi connectivity index (χ4n) is 3.00. The van der Waals surface area contributed by atoms with Crippen LogP contribution in [0, 0.1) is 6.92 Å². The summed E-state index contributed by atoms with van der Waals surface area (Å²) in [7, 11) is 0. The average Bonchev–Trinajstić information content (AvgIpc) is 2.84. The molecule has 6 nitrogen and oxygen atoms in total. The normalized spacial score (nSPS) is 15.0. The number of aromatic nitrogens is 1. The molecule has 1 aromatic heterocycles. The van der Waals surface area contributed by atoms with Gasteiger partial charge in [0.1, 0.15) is 5.76 Å². The zero-order valence-corrected chi connectivity index (χ0v) is 14.0. The van der Waals surface area contributed by atoms with Gasteiger partial charge < -0.3 is 20.1 Å². The SMILES string of the molecule is Cc1cc(NC(=O)CNc2ccccc2N2CCCCCC2)no1. The van der Waals surface area contributed by atoms with Crippen LogP contribution in [0.15, 0.2) is 34.9 Å². The molecule has 6 heteroatoms. The number of nitrogens with zero attached hydrogens (tertiary/aromatic N) is 2. The Morgan fingerprint density at radius 3 is 2.67 bits per heavy atom. The van der Waals surface area contributed by atoms with Crippen LogP contribution in [-0.2, 0) is 4.79 Å². The second-order valence-corrected chi connectivity index (χ2v) is 6.14. The van der Waals surface area contributed by atoms with E-state index in [1.54, 1.807) is 13.0 Å². The van der Waals surface area contributed by atoms with E-state index in [-0.39, 0.29) is 12.5 Å². The molecule has 1 aromatic carbocycles. The van der Waals surface area contributed by atoms with E-state index in [2.05, 4.69) is 26.8 Å². The summed E-state index contributed by atoms with van der Waals surface area (Å²) in [5.74, 6) is 0.971. The maximum absolute atomic E-state index is 12.1. The van der Waals surface area contributed by atoms with Gasteiger partial charge in [-0.3, -0.25) is 4.79 Å². The van der Waals surface area contributed by atoms with Gasteiger partial charge in [0.25, 0.3) is 0 Å². The molecule has 0 atom stereocenters. The van der Waals surface area contributed by atoms with Crippen LogP contribution in [0.3, 0.4) is 0 Å². The highest BCUT2D eigenvalue weighted by Crippen LogP contribution is 2.27. The van der Waals surface area contributed by atoms with Crippen molar-refractivity contribution in [3.63, 3.8) is 0 Å². The molecule has 1 amide bonds. The van der Waals surface area contributed by atoms with E-state index in [4.69, 9.17) is 4.52 Å². The number of aryl methyl sites for hydroxylation is 1. The first-order chi connectivity index (χ1) is 11.7. The first-order valence-corrected chi connectivity index (χ1v) is 8.53. The summed E-state index contributed by atoms with van der Waals surface area (Å²) < 4.78 is 4.95. The molecule has 2 N–H and O–H groups in total. The van der Waals surface area contributed by atoms with Gasteiger partial charge >= 0.3 is 0 Å². The highest BCUT2D eigenvalue weighted by atomic mass is 16.5. The molecule has 1 saturated heterocycles. The number of carbonyl (C=O) groups is 1. The Labute approximate surface area is 142 Å². The third-order valence-corrected chi connectivity index (χ3v) is 4.19. The number of anilines is 3. The summed E-state index contributed by atoms with van der Waals surface area (Å²) in [5.41, 5.74) is 2.16. The molecule has 0 bridgehead atoms. The van der Waals surface area contributed by atoms with Gasteiger partial charge in [0.2, 0.25) is 5.91 Å². The Morgan fingerprint density at radius 2 is 1.96 bits per heavy atom. The van der Waals surface area contributed by atoms with Crippen molar-refractivity contribution in [1.29, 1.82) is 0 Å². The Balaban J connectivity index is 1.61. The third-order valence-electron chi connectivity index (χ3n) is 4.19. The van der Waals surface area contributed by atoms with Gasteiger partial charge in [-0.2, -0.15) is 0 Å². The molecule has 0 unspecified atom stereocenters. The maximum atomic E-state index is 12.1. The molecular weight excluding hydrogens is 304 g/mol. The molecule has 0 radical (unpaired) electrons. The van der Waals surface area contributed by atoms with Gasteiger partial charge in [0, 0.05) is 19.2 Å². The van der Waals surface area contributed by atoms with E-state index >= 15 is 0 Å². The van der Waals surface area contributed by atoms with E-state index in [9.17, 15) is 4.79 Å². The lowest BCUT2D eigenvalue weighted by atomic mass is 10.2. The molecule has 128 valence electrons. The zero-order chi connectivity index (χ0) is 16.8. The minimum Gasteiger partial charge on any atom is -0.374 e. The van der Waals surface area contributed by atoms with Gasteiger partial charge in [-0.25, -0.2) is 0 Å². The van der Waals surface area contributed by atoms with Crippen LogP contribution >= 0.6 is 0 Å². The van der Waals surface area contributed by atoms with Gasteiger partial charge in [-0.05, 0) is 31.9 Å². The molecule has 0 spiro atoms. The van der Waals surface area contributed by atoms with Crippen molar-refractivity contribution in [1.82, 2.24) is 5.16 Å². The molecule has 0 saturated carbocycles. The first-order valence-electron chi connectivity index (χ1n) is 8.53. The largest absolute Gasteiger partial charge is 0.374 e. The molecule has 3 rings (SSSR count). The van der Waals surface area contributed by atoms with Crippen molar-refractivity contribution in [2.75, 3.05) is 35.2 Å². The summed E-state index contributed by atoms with van der Waals surface area (Å²) >= 11 is 0. The monoisotopic (exact) mass is 328 g/mol. The number of benzene rings is 1. The zero-order valence-electron chi connectivity index (χ0n) is 14.0. The molecular formula is C18H24N4O2. The lowest BCUT2D eigenvalue weighted by Crippen LogP contribution is -2.26. The number of amides is 1. The van der Waals surface area contributed by atoms with Crippen LogP contribution < -0.4 is 15.5 Å². The van der Waals surface area contributed by atoms with Gasteiger partial charge in [0.05, 0.1) is 17.9 Å². The van der Waals surface area contributed by atoms with Crippen LogP contribution in [0.1, 0.15) is 31.4 Å². The smallest absolute Gasteiger partial charge is 0.244 e. The van der Waals surface area contributed by atoms with Crippen molar-refractivity contribution in [3.05, 3.63) is 36.1 Å². The summed E-state index contributed by atoms with van der Waals surface area (Å²) in [6.07, 6.45) is 5.04. The average molecular weight is 328 g/mol. The summed E-state index contributed by atoms with van der Waals surface area (Å²) in [6.45, 7) is 4.13. The van der Waals surface area contributed by atoms with Crippen LogP contribution in [0.4, 0.5) is 17.2 Å². The molecule has 2 aromatic rings. The molecule has 1 fully saturated rings. The molecule has 24 heavy (non-hydrogen) atoms. The maximum Gasteiger partial charge on any atom is 0.244 e. The Kier molecular flexibility index (Phi) is 5.36. The van der Waals surface area contributed by atoms with Crippen molar-refractivity contribution in [2.24, 2.45) is 0 Å². The van der Waals surface area contributed by atoms with Crippen LogP contribution in [-0.4, -0.2) is 30.7 Å². The lowest BCUT2D eigenvalue weighted by molar-refractivity contribution is -0.114. The summed E-state index contributed by atoms with van der Waals surface area (Å²) in [4.78, 5) is 14.5. The molecule has 2 heterocycles. The van der Waals surface area contributed by atoms with E-state index < -0.39 is 0 Å². The topological polar surface area (TPSA) is 70.4 Å². The number of hydrogen-bond donors (Lipinski definition) is 2. The van der Waals surface area contributed by atoms with Gasteiger partial charge in [-0.1, -0.05) is 30.1 Å². The fraction of sp³-hybridized carbons (Fsp3) is 0.444. The van der Waals surface area contributed by atoms with Crippen LogP contribution in [0.25, 0.3) is 0 Å². The van der Waals surface area contributed by atoms with E-state index in [1.807, 2.05) is 18.2 Å². The highest BCUT2D eigenvalue weighted by molar-refractivity contribution is 5.93. The van der Waals surface area contributed by atoms with Crippen LogP contribution in [0.2, 0.25) is 0 Å². The minimum absolute atomic E-state index is 0.144. The Hall–Kier alpha value is -2.50. The van der Waals surface area contributed by atoms with Gasteiger partial charge in [0.15, 0.2) is 5.82 Å². The van der Waals surface area contributed by atoms with Crippen molar-refractivity contribution < 1.29 is 9.32 Å². The van der Waals surface area contributed by atoms with E-state index in [0.717, 1.165) is 18.8 Å². The molecule has 1 aliphatic rings. The summed E-state index contributed by atoms with van der Waals surface area (Å²) in [5, 5.41) is 9.74. The first kappa shape index (κ1) is 16.4. The van der Waals surface area contributed by atoms with Crippen molar-refractivity contribution in [3.8, 4) is 0 Å².